The van der Waals surface area contributed by atoms with Gasteiger partial charge in [-0.3, -0.25) is 23.5 Å². The van der Waals surface area contributed by atoms with Crippen LogP contribution < -0.4 is 21.3 Å². The van der Waals surface area contributed by atoms with Gasteiger partial charge < -0.3 is 40.8 Å². The van der Waals surface area contributed by atoms with Gasteiger partial charge in [-0.25, -0.2) is 0 Å². The van der Waals surface area contributed by atoms with E-state index in [0.717, 1.165) is 0 Å². The normalized spacial score (nSPS) is 12.8. The summed E-state index contributed by atoms with van der Waals surface area (Å²) in [6, 6.07) is 10.4. The Balaban J connectivity index is 1.76. The topological polar surface area (TPSA) is 214 Å². The van der Waals surface area contributed by atoms with Crippen molar-refractivity contribution in [2.45, 2.75) is 0 Å². The maximum Gasteiger partial charge on any atom is 0.334 e. The Kier molecular flexibility index (Phi) is 9.26. The molecule has 2 aromatic rings. The summed E-state index contributed by atoms with van der Waals surface area (Å²) in [5, 5.41) is 11.0. The van der Waals surface area contributed by atoms with E-state index in [1.165, 1.54) is 0 Å². The fraction of sp³-hybridized carbons (Fsp3) is 0.261. The van der Waals surface area contributed by atoms with E-state index in [2.05, 4.69) is 27.8 Å². The van der Waals surface area contributed by atoms with Gasteiger partial charge in [-0.2, -0.15) is 0 Å². The van der Waals surface area contributed by atoms with E-state index in [1.807, 2.05) is 0 Å². The van der Waals surface area contributed by atoms with Gasteiger partial charge in [-0.05, 0) is 23.3 Å². The summed E-state index contributed by atoms with van der Waals surface area (Å²) >= 11 is 0. The lowest BCUT2D eigenvalue weighted by atomic mass is 9.80. The molecule has 0 atom stereocenters. The average molecular weight is 566 g/mol. The van der Waals surface area contributed by atoms with Crippen LogP contribution in [-0.2, 0) is 18.7 Å². The van der Waals surface area contributed by atoms with E-state index < -0.39 is 39.3 Å². The van der Waals surface area contributed by atoms with Crippen LogP contribution >= 0.6 is 15.2 Å². The van der Waals surface area contributed by atoms with E-state index in [0.29, 0.717) is 39.2 Å². The molecule has 0 aliphatic heterocycles. The Morgan fingerprint density at radius 1 is 0.711 bits per heavy atom. The van der Waals surface area contributed by atoms with Gasteiger partial charge in [0.05, 0.1) is 5.56 Å². The second-order valence-electron chi connectivity index (χ2n) is 8.46. The molecule has 38 heavy (non-hydrogen) atoms. The second kappa shape index (κ2) is 12.0. The number of carbonyl (C=O) groups is 3. The van der Waals surface area contributed by atoms with E-state index in [-0.39, 0.29) is 32.0 Å². The van der Waals surface area contributed by atoms with Gasteiger partial charge in [0.25, 0.3) is 0 Å². The summed E-state index contributed by atoms with van der Waals surface area (Å²) in [7, 11) is -8.94. The summed E-state index contributed by atoms with van der Waals surface area (Å²) in [6.07, 6.45) is -1.83. The molecule has 0 bridgehead atoms. The van der Waals surface area contributed by atoms with Crippen LogP contribution in [0.3, 0.4) is 0 Å². The highest BCUT2D eigenvalue weighted by Crippen LogP contribution is 2.42. The number of carbonyl (C=O) groups excluding carboxylic acids is 3. The molecule has 0 heterocycles. The van der Waals surface area contributed by atoms with Gasteiger partial charge in [0.15, 0.2) is 5.78 Å². The van der Waals surface area contributed by atoms with Crippen molar-refractivity contribution in [2.75, 3.05) is 49.1 Å². The molecule has 13 nitrogen and oxygen atoms in total. The lowest BCUT2D eigenvalue weighted by Gasteiger charge is -2.26. The van der Waals surface area contributed by atoms with E-state index >= 15 is 0 Å². The van der Waals surface area contributed by atoms with Gasteiger partial charge in [-0.1, -0.05) is 30.8 Å². The van der Waals surface area contributed by atoms with Gasteiger partial charge in [0.2, 0.25) is 11.8 Å². The molecule has 3 rings (SSSR count). The van der Waals surface area contributed by atoms with Gasteiger partial charge in [-0.15, -0.1) is 0 Å². The molecule has 0 radical (unpaired) electrons. The smallest absolute Gasteiger partial charge is 0.334 e. The fourth-order valence-corrected chi connectivity index (χ4v) is 4.92. The van der Waals surface area contributed by atoms with Crippen molar-refractivity contribution < 1.29 is 43.1 Å². The molecule has 0 spiro atoms. The average Bonchev–Trinajstić information content (AvgIpc) is 2.81. The van der Waals surface area contributed by atoms with Crippen LogP contribution in [0.2, 0.25) is 0 Å². The summed E-state index contributed by atoms with van der Waals surface area (Å²) in [6.45, 7) is 4.66. The predicted octanol–water partition coefficient (Wildman–Crippen LogP) is 0.704. The minimum Gasteiger partial charge on any atom is -0.383 e. The maximum atomic E-state index is 13.5. The number of rotatable bonds is 12. The fourth-order valence-electron chi connectivity index (χ4n) is 3.94. The number of fused-ring (bicyclic) bond motifs is 2. The first-order valence-electron chi connectivity index (χ1n) is 11.4. The van der Waals surface area contributed by atoms with Crippen LogP contribution in [0.4, 0.5) is 11.4 Å². The number of ketones is 1. The van der Waals surface area contributed by atoms with E-state index in [4.69, 9.17) is 19.6 Å². The van der Waals surface area contributed by atoms with E-state index in [9.17, 15) is 23.5 Å². The van der Waals surface area contributed by atoms with Crippen molar-refractivity contribution in [1.82, 2.24) is 10.6 Å². The summed E-state index contributed by atoms with van der Waals surface area (Å²) in [5.41, 5.74) is 3.59. The standard InChI is InChI=1S/C23H28N4O9P2/c1-14-15-4-2-3-5-16(15)23(30)22-18(25-9-11-27-20(29)13-38(34,35)36)7-6-17(21(14)22)24-8-10-26-19(28)12-37(31,32)33/h2-7,24-25H,1,8-13H2,(H,26,28)(H,27,29)(H2,31,32,33)(H2,34,35,36). The zero-order valence-electron chi connectivity index (χ0n) is 20.1. The van der Waals surface area contributed by atoms with Gasteiger partial charge >= 0.3 is 15.2 Å². The maximum absolute atomic E-state index is 13.5. The third-order valence-electron chi connectivity index (χ3n) is 5.46. The molecular formula is C23H28N4O9P2. The first-order valence-corrected chi connectivity index (χ1v) is 15.0. The van der Waals surface area contributed by atoms with Crippen LogP contribution in [0, 0.1) is 0 Å². The molecule has 0 unspecified atom stereocenters. The predicted molar refractivity (Wildman–Crippen MR) is 141 cm³/mol. The summed E-state index contributed by atoms with van der Waals surface area (Å²) in [4.78, 5) is 72.4. The first-order chi connectivity index (χ1) is 17.8. The van der Waals surface area contributed by atoms with Crippen LogP contribution in [0.5, 0.6) is 0 Å². The molecule has 15 heteroatoms. The lowest BCUT2D eigenvalue weighted by Crippen LogP contribution is -2.31. The number of nitrogens with one attached hydrogen (secondary N) is 4. The molecule has 204 valence electrons. The highest BCUT2D eigenvalue weighted by atomic mass is 31.2. The van der Waals surface area contributed by atoms with Crippen molar-refractivity contribution in [3.05, 3.63) is 65.2 Å². The lowest BCUT2D eigenvalue weighted by molar-refractivity contribution is -0.119. The third-order valence-corrected chi connectivity index (χ3v) is 6.85. The molecule has 0 aromatic heterocycles. The molecule has 2 amide bonds. The molecule has 8 N–H and O–H groups in total. The van der Waals surface area contributed by atoms with E-state index in [1.54, 1.807) is 36.4 Å². The van der Waals surface area contributed by atoms with Crippen molar-refractivity contribution in [3.8, 4) is 0 Å². The monoisotopic (exact) mass is 566 g/mol. The number of hydrogen-bond donors (Lipinski definition) is 8. The third kappa shape index (κ3) is 7.84. The number of anilines is 2. The summed E-state index contributed by atoms with van der Waals surface area (Å²) in [5.74, 6) is -1.84. The number of benzene rings is 2. The highest BCUT2D eigenvalue weighted by molar-refractivity contribution is 7.53. The molecule has 1 aliphatic carbocycles. The molecular weight excluding hydrogens is 538 g/mol. The SMILES string of the molecule is C=C1c2ccccc2C(=O)c2c(NCCNC(=O)CP(=O)(O)O)ccc(NCCNC(=O)CP(=O)(O)O)c21. The Labute approximate surface area is 218 Å². The van der Waals surface area contributed by atoms with Gasteiger partial charge in [0.1, 0.15) is 12.3 Å². The quantitative estimate of drug-likeness (QED) is 0.113. The number of hydrogen-bond acceptors (Lipinski definition) is 7. The Morgan fingerprint density at radius 3 is 1.63 bits per heavy atom. The zero-order chi connectivity index (χ0) is 28.1. The minimum absolute atomic E-state index is 0.0492. The van der Waals surface area contributed by atoms with Crippen molar-refractivity contribution in [3.63, 3.8) is 0 Å². The van der Waals surface area contributed by atoms with Crippen LogP contribution in [-0.4, -0.2) is 75.7 Å². The Hall–Kier alpha value is -3.31. The summed E-state index contributed by atoms with van der Waals surface area (Å²) < 4.78 is 21.9. The van der Waals surface area contributed by atoms with Crippen LogP contribution in [0.1, 0.15) is 27.0 Å². The van der Waals surface area contributed by atoms with Crippen molar-refractivity contribution in [2.24, 2.45) is 0 Å². The van der Waals surface area contributed by atoms with Gasteiger partial charge in [0, 0.05) is 48.7 Å². The molecule has 0 saturated heterocycles. The molecule has 0 saturated carbocycles. The van der Waals surface area contributed by atoms with Crippen LogP contribution in [0.25, 0.3) is 5.57 Å². The zero-order valence-corrected chi connectivity index (χ0v) is 21.9. The molecule has 2 aromatic carbocycles. The van der Waals surface area contributed by atoms with Crippen molar-refractivity contribution in [1.29, 1.82) is 0 Å². The minimum atomic E-state index is -4.47. The van der Waals surface area contributed by atoms with Crippen LogP contribution in [0.15, 0.2) is 43.0 Å². The largest absolute Gasteiger partial charge is 0.383 e. The Morgan fingerprint density at radius 2 is 1.16 bits per heavy atom. The number of amides is 2. The second-order valence-corrected chi connectivity index (χ2v) is 11.8. The molecule has 1 aliphatic rings. The first kappa shape index (κ1) is 29.2. The van der Waals surface area contributed by atoms with Crippen molar-refractivity contribution >= 4 is 49.7 Å². The highest BCUT2D eigenvalue weighted by Gasteiger charge is 2.30. The molecule has 0 fully saturated rings. The Bertz CT molecular complexity index is 1260.